The van der Waals surface area contributed by atoms with Crippen molar-refractivity contribution in [3.05, 3.63) is 5.82 Å². The number of amides is 1. The zero-order valence-corrected chi connectivity index (χ0v) is 14.5. The molecule has 2 saturated carbocycles. The predicted molar refractivity (Wildman–Crippen MR) is 87.6 cm³/mol. The number of nitrogens with one attached hydrogen (secondary N) is 1. The minimum absolute atomic E-state index is 0.112. The van der Waals surface area contributed by atoms with Crippen molar-refractivity contribution in [1.82, 2.24) is 20.1 Å². The number of thioether (sulfide) groups is 1. The van der Waals surface area contributed by atoms with E-state index in [0.717, 1.165) is 29.2 Å². The third kappa shape index (κ3) is 3.16. The van der Waals surface area contributed by atoms with Gasteiger partial charge in [0, 0.05) is 19.5 Å². The van der Waals surface area contributed by atoms with E-state index in [4.69, 9.17) is 0 Å². The molecule has 6 heteroatoms. The molecular weight excluding hydrogens is 296 g/mol. The number of hydrogen-bond acceptors (Lipinski definition) is 4. The van der Waals surface area contributed by atoms with E-state index in [1.807, 2.05) is 11.6 Å². The standard InChI is InChI=1S/C16H26N4OS/c1-4-14-18-19-16(20(14)3)22-9-15(21)17-10(2)13-8-11-5-6-12(13)7-11/h10-13H,4-9H2,1-3H3,(H,17,21)/t10-,11+,12+,13+/m1/s1. The summed E-state index contributed by atoms with van der Waals surface area (Å²) >= 11 is 1.47. The molecule has 0 spiro atoms. The van der Waals surface area contributed by atoms with Gasteiger partial charge in [0.25, 0.3) is 0 Å². The van der Waals surface area contributed by atoms with Crippen LogP contribution in [0.15, 0.2) is 5.16 Å². The maximum Gasteiger partial charge on any atom is 0.230 e. The number of aromatic nitrogens is 3. The molecule has 0 aliphatic heterocycles. The fraction of sp³-hybridized carbons (Fsp3) is 0.812. The van der Waals surface area contributed by atoms with Gasteiger partial charge in [-0.2, -0.15) is 0 Å². The molecule has 4 atom stereocenters. The highest BCUT2D eigenvalue weighted by atomic mass is 32.2. The Morgan fingerprint density at radius 1 is 1.41 bits per heavy atom. The lowest BCUT2D eigenvalue weighted by molar-refractivity contribution is -0.119. The molecule has 2 aliphatic rings. The third-order valence-corrected chi connectivity index (χ3v) is 6.42. The summed E-state index contributed by atoms with van der Waals surface area (Å²) in [4.78, 5) is 12.2. The van der Waals surface area contributed by atoms with Crippen LogP contribution < -0.4 is 5.32 Å². The summed E-state index contributed by atoms with van der Waals surface area (Å²) in [6.07, 6.45) is 6.32. The summed E-state index contributed by atoms with van der Waals surface area (Å²) in [6, 6.07) is 0.300. The van der Waals surface area contributed by atoms with E-state index in [0.29, 0.717) is 17.7 Å². The second kappa shape index (κ2) is 6.60. The number of fused-ring (bicyclic) bond motifs is 2. The second-order valence-corrected chi connectivity index (χ2v) is 7.74. The van der Waals surface area contributed by atoms with E-state index in [9.17, 15) is 4.79 Å². The molecule has 122 valence electrons. The van der Waals surface area contributed by atoms with Crippen molar-refractivity contribution in [1.29, 1.82) is 0 Å². The van der Waals surface area contributed by atoms with Gasteiger partial charge in [0.2, 0.25) is 5.91 Å². The second-order valence-electron chi connectivity index (χ2n) is 6.79. The van der Waals surface area contributed by atoms with Crippen molar-refractivity contribution < 1.29 is 4.79 Å². The summed E-state index contributed by atoms with van der Waals surface area (Å²) in [7, 11) is 1.96. The van der Waals surface area contributed by atoms with Crippen LogP contribution in [0.2, 0.25) is 0 Å². The van der Waals surface area contributed by atoms with Gasteiger partial charge in [-0.05, 0) is 43.9 Å². The highest BCUT2D eigenvalue weighted by molar-refractivity contribution is 7.99. The normalized spacial score (nSPS) is 28.0. The van der Waals surface area contributed by atoms with Crippen molar-refractivity contribution in [2.45, 2.75) is 57.1 Å². The molecule has 1 aromatic heterocycles. The maximum atomic E-state index is 12.2. The Labute approximate surface area is 136 Å². The number of hydrogen-bond donors (Lipinski definition) is 1. The van der Waals surface area contributed by atoms with Crippen molar-refractivity contribution >= 4 is 17.7 Å². The van der Waals surface area contributed by atoms with Gasteiger partial charge in [-0.3, -0.25) is 4.79 Å². The first-order chi connectivity index (χ1) is 10.6. The van der Waals surface area contributed by atoms with Crippen LogP contribution >= 0.6 is 11.8 Å². The van der Waals surface area contributed by atoms with Crippen LogP contribution in [0.5, 0.6) is 0 Å². The number of carbonyl (C=O) groups is 1. The Balaban J connectivity index is 1.47. The van der Waals surface area contributed by atoms with E-state index < -0.39 is 0 Å². The molecule has 5 nitrogen and oxygen atoms in total. The van der Waals surface area contributed by atoms with E-state index in [-0.39, 0.29) is 5.91 Å². The van der Waals surface area contributed by atoms with Crippen molar-refractivity contribution in [3.63, 3.8) is 0 Å². The number of carbonyl (C=O) groups excluding carboxylic acids is 1. The van der Waals surface area contributed by atoms with Crippen LogP contribution in [-0.2, 0) is 18.3 Å². The van der Waals surface area contributed by atoms with Gasteiger partial charge in [0.05, 0.1) is 5.75 Å². The van der Waals surface area contributed by atoms with Crippen LogP contribution in [0.3, 0.4) is 0 Å². The minimum atomic E-state index is 0.112. The summed E-state index contributed by atoms with van der Waals surface area (Å²) in [6.45, 7) is 4.23. The molecule has 0 saturated heterocycles. The van der Waals surface area contributed by atoms with E-state index >= 15 is 0 Å². The van der Waals surface area contributed by atoms with E-state index in [2.05, 4.69) is 29.4 Å². The van der Waals surface area contributed by atoms with E-state index in [1.165, 1.54) is 37.4 Å². The van der Waals surface area contributed by atoms with Crippen molar-refractivity contribution in [2.75, 3.05) is 5.75 Å². The first kappa shape index (κ1) is 15.8. The van der Waals surface area contributed by atoms with Crippen molar-refractivity contribution in [2.24, 2.45) is 24.8 Å². The monoisotopic (exact) mass is 322 g/mol. The molecule has 1 amide bonds. The minimum Gasteiger partial charge on any atom is -0.353 e. The van der Waals surface area contributed by atoms with Gasteiger partial charge in [0.1, 0.15) is 5.82 Å². The molecule has 1 heterocycles. The smallest absolute Gasteiger partial charge is 0.230 e. The Kier molecular flexibility index (Phi) is 4.76. The van der Waals surface area contributed by atoms with Gasteiger partial charge in [-0.15, -0.1) is 10.2 Å². The quantitative estimate of drug-likeness (QED) is 0.817. The average molecular weight is 322 g/mol. The summed E-state index contributed by atoms with van der Waals surface area (Å²) in [5.74, 6) is 3.95. The largest absolute Gasteiger partial charge is 0.353 e. The fourth-order valence-corrected chi connectivity index (χ4v) is 4.96. The zero-order chi connectivity index (χ0) is 15.7. The topological polar surface area (TPSA) is 59.8 Å². The summed E-state index contributed by atoms with van der Waals surface area (Å²) < 4.78 is 1.97. The number of aryl methyl sites for hydroxylation is 1. The molecule has 1 N–H and O–H groups in total. The summed E-state index contributed by atoms with van der Waals surface area (Å²) in [5, 5.41) is 12.3. The average Bonchev–Trinajstić information content (AvgIpc) is 3.20. The van der Waals surface area contributed by atoms with Crippen molar-refractivity contribution in [3.8, 4) is 0 Å². The maximum absolute atomic E-state index is 12.2. The predicted octanol–water partition coefficient (Wildman–Crippen LogP) is 2.41. The molecule has 2 fully saturated rings. The Hall–Kier alpha value is -1.04. The lowest BCUT2D eigenvalue weighted by atomic mass is 9.84. The Morgan fingerprint density at radius 3 is 2.82 bits per heavy atom. The molecule has 22 heavy (non-hydrogen) atoms. The third-order valence-electron chi connectivity index (χ3n) is 5.40. The summed E-state index contributed by atoms with van der Waals surface area (Å²) in [5.41, 5.74) is 0. The highest BCUT2D eigenvalue weighted by Gasteiger charge is 2.42. The highest BCUT2D eigenvalue weighted by Crippen LogP contribution is 2.49. The Bertz CT molecular complexity index is 544. The van der Waals surface area contributed by atoms with Gasteiger partial charge in [-0.1, -0.05) is 25.1 Å². The lowest BCUT2D eigenvalue weighted by Crippen LogP contribution is -2.40. The lowest BCUT2D eigenvalue weighted by Gasteiger charge is -2.28. The van der Waals surface area contributed by atoms with Crippen LogP contribution in [-0.4, -0.2) is 32.5 Å². The molecule has 2 aliphatic carbocycles. The molecule has 0 unspecified atom stereocenters. The van der Waals surface area contributed by atoms with Crippen LogP contribution in [0, 0.1) is 17.8 Å². The van der Waals surface area contributed by atoms with Gasteiger partial charge >= 0.3 is 0 Å². The fourth-order valence-electron chi connectivity index (χ4n) is 4.22. The number of rotatable bonds is 6. The van der Waals surface area contributed by atoms with Crippen LogP contribution in [0.25, 0.3) is 0 Å². The Morgan fingerprint density at radius 2 is 2.23 bits per heavy atom. The zero-order valence-electron chi connectivity index (χ0n) is 13.7. The molecule has 1 aromatic rings. The molecule has 0 aromatic carbocycles. The molecule has 0 radical (unpaired) electrons. The first-order valence-corrected chi connectivity index (χ1v) is 9.37. The molecular formula is C16H26N4OS. The molecule has 2 bridgehead atoms. The SMILES string of the molecule is CCc1nnc(SCC(=O)N[C@H](C)[C@@H]2C[C@H]3CC[C@H]2C3)n1C. The van der Waals surface area contributed by atoms with Gasteiger partial charge in [-0.25, -0.2) is 0 Å². The van der Waals surface area contributed by atoms with Crippen LogP contribution in [0.4, 0.5) is 0 Å². The van der Waals surface area contributed by atoms with Gasteiger partial charge in [0.15, 0.2) is 5.16 Å². The first-order valence-electron chi connectivity index (χ1n) is 8.38. The molecule has 3 rings (SSSR count). The number of nitrogens with zero attached hydrogens (tertiary/aromatic N) is 3. The van der Waals surface area contributed by atoms with Crippen LogP contribution in [0.1, 0.15) is 45.4 Å². The van der Waals surface area contributed by atoms with E-state index in [1.54, 1.807) is 0 Å². The van der Waals surface area contributed by atoms with Gasteiger partial charge < -0.3 is 9.88 Å².